The summed E-state index contributed by atoms with van der Waals surface area (Å²) < 4.78 is 38.6. The molecule has 2 aromatic carbocycles. The molecule has 1 aliphatic rings. The maximum Gasteiger partial charge on any atom is 0.269 e. The first kappa shape index (κ1) is 17.6. The SMILES string of the molecule is COc1ccc(S(=O)(=O)N2CCc3cc4cccc(C)c4nc32)c(OC)c1. The molecule has 3 aromatic rings. The lowest BCUT2D eigenvalue weighted by atomic mass is 10.1. The average Bonchev–Trinajstić information content (AvgIpc) is 3.10. The van der Waals surface area contributed by atoms with Gasteiger partial charge in [-0.3, -0.25) is 0 Å². The van der Waals surface area contributed by atoms with Crippen LogP contribution in [0.1, 0.15) is 11.1 Å². The first-order valence-electron chi connectivity index (χ1n) is 8.59. The van der Waals surface area contributed by atoms with Gasteiger partial charge in [0.1, 0.15) is 22.2 Å². The van der Waals surface area contributed by atoms with E-state index in [-0.39, 0.29) is 10.6 Å². The minimum atomic E-state index is -3.81. The normalized spacial score (nSPS) is 13.7. The molecule has 0 radical (unpaired) electrons. The monoisotopic (exact) mass is 384 g/mol. The molecule has 1 aromatic heterocycles. The molecule has 0 unspecified atom stereocenters. The zero-order chi connectivity index (χ0) is 19.2. The second kappa shape index (κ2) is 6.42. The number of pyridine rings is 1. The predicted octanol–water partition coefficient (Wildman–Crippen LogP) is 3.31. The quantitative estimate of drug-likeness (QED) is 0.690. The van der Waals surface area contributed by atoms with Crippen LogP contribution in [0.25, 0.3) is 10.9 Å². The molecule has 0 saturated carbocycles. The van der Waals surface area contributed by atoms with Crippen LogP contribution in [-0.2, 0) is 16.4 Å². The summed E-state index contributed by atoms with van der Waals surface area (Å²) in [6, 6.07) is 12.7. The van der Waals surface area contributed by atoms with E-state index in [0.29, 0.717) is 24.5 Å². The summed E-state index contributed by atoms with van der Waals surface area (Å²) in [6.45, 7) is 2.33. The van der Waals surface area contributed by atoms with Crippen LogP contribution in [0.3, 0.4) is 0 Å². The number of fused-ring (bicyclic) bond motifs is 2. The van der Waals surface area contributed by atoms with Gasteiger partial charge in [-0.2, -0.15) is 0 Å². The van der Waals surface area contributed by atoms with Gasteiger partial charge >= 0.3 is 0 Å². The topological polar surface area (TPSA) is 68.7 Å². The van der Waals surface area contributed by atoms with E-state index in [1.54, 1.807) is 12.1 Å². The Labute approximate surface area is 158 Å². The molecule has 0 saturated heterocycles. The van der Waals surface area contributed by atoms with Crippen LogP contribution in [0.5, 0.6) is 11.5 Å². The van der Waals surface area contributed by atoms with Gasteiger partial charge < -0.3 is 9.47 Å². The Morgan fingerprint density at radius 3 is 2.63 bits per heavy atom. The largest absolute Gasteiger partial charge is 0.497 e. The maximum atomic E-state index is 13.4. The lowest BCUT2D eigenvalue weighted by molar-refractivity contribution is 0.386. The lowest BCUT2D eigenvalue weighted by Gasteiger charge is -2.20. The van der Waals surface area contributed by atoms with Crippen molar-refractivity contribution in [1.29, 1.82) is 0 Å². The minimum absolute atomic E-state index is 0.102. The summed E-state index contributed by atoms with van der Waals surface area (Å²) in [5.41, 5.74) is 2.77. The zero-order valence-corrected chi connectivity index (χ0v) is 16.2. The molecular weight excluding hydrogens is 364 g/mol. The predicted molar refractivity (Wildman–Crippen MR) is 104 cm³/mol. The van der Waals surface area contributed by atoms with Gasteiger partial charge in [-0.05, 0) is 42.7 Å². The van der Waals surface area contributed by atoms with Gasteiger partial charge in [-0.15, -0.1) is 0 Å². The van der Waals surface area contributed by atoms with Crippen LogP contribution in [0.2, 0.25) is 0 Å². The van der Waals surface area contributed by atoms with Gasteiger partial charge in [0.2, 0.25) is 0 Å². The summed E-state index contributed by atoms with van der Waals surface area (Å²) in [6.07, 6.45) is 0.629. The number of aromatic nitrogens is 1. The molecule has 0 fully saturated rings. The molecule has 27 heavy (non-hydrogen) atoms. The Kier molecular flexibility index (Phi) is 4.19. The Morgan fingerprint density at radius 1 is 1.07 bits per heavy atom. The summed E-state index contributed by atoms with van der Waals surface area (Å²) in [7, 11) is -0.841. The van der Waals surface area contributed by atoms with Crippen molar-refractivity contribution in [3.8, 4) is 11.5 Å². The Morgan fingerprint density at radius 2 is 1.89 bits per heavy atom. The van der Waals surface area contributed by atoms with Crippen LogP contribution >= 0.6 is 0 Å². The van der Waals surface area contributed by atoms with Crippen molar-refractivity contribution in [3.05, 3.63) is 53.6 Å². The van der Waals surface area contributed by atoms with Gasteiger partial charge in [-0.1, -0.05) is 18.2 Å². The van der Waals surface area contributed by atoms with Gasteiger partial charge in [-0.25, -0.2) is 17.7 Å². The molecule has 0 N–H and O–H groups in total. The van der Waals surface area contributed by atoms with Gasteiger partial charge in [0, 0.05) is 18.0 Å². The van der Waals surface area contributed by atoms with E-state index in [1.165, 1.54) is 24.6 Å². The highest BCUT2D eigenvalue weighted by Crippen LogP contribution is 2.37. The number of hydrogen-bond donors (Lipinski definition) is 0. The molecule has 2 heterocycles. The maximum absolute atomic E-state index is 13.4. The minimum Gasteiger partial charge on any atom is -0.497 e. The van der Waals surface area contributed by atoms with Crippen molar-refractivity contribution in [2.24, 2.45) is 0 Å². The molecule has 0 amide bonds. The number of sulfonamides is 1. The van der Waals surface area contributed by atoms with E-state index < -0.39 is 10.0 Å². The van der Waals surface area contributed by atoms with E-state index in [4.69, 9.17) is 14.5 Å². The summed E-state index contributed by atoms with van der Waals surface area (Å²) >= 11 is 0. The number of ether oxygens (including phenoxy) is 2. The molecule has 0 atom stereocenters. The first-order chi connectivity index (χ1) is 13.0. The van der Waals surface area contributed by atoms with Crippen LogP contribution < -0.4 is 13.8 Å². The average molecular weight is 384 g/mol. The van der Waals surface area contributed by atoms with Crippen molar-refractivity contribution in [2.45, 2.75) is 18.2 Å². The summed E-state index contributed by atoms with van der Waals surface area (Å²) in [4.78, 5) is 4.80. The Balaban J connectivity index is 1.85. The number of para-hydroxylation sites is 1. The van der Waals surface area contributed by atoms with Crippen LogP contribution in [0, 0.1) is 6.92 Å². The number of anilines is 1. The van der Waals surface area contributed by atoms with E-state index in [9.17, 15) is 8.42 Å². The molecule has 7 heteroatoms. The third kappa shape index (κ3) is 2.78. The van der Waals surface area contributed by atoms with Crippen molar-refractivity contribution in [3.63, 3.8) is 0 Å². The second-order valence-electron chi connectivity index (χ2n) is 6.46. The van der Waals surface area contributed by atoms with E-state index in [1.807, 2.05) is 31.2 Å². The van der Waals surface area contributed by atoms with Gasteiger partial charge in [0.25, 0.3) is 10.0 Å². The lowest BCUT2D eigenvalue weighted by Crippen LogP contribution is -2.30. The molecule has 1 aliphatic heterocycles. The van der Waals surface area contributed by atoms with Crippen molar-refractivity contribution >= 4 is 26.7 Å². The fourth-order valence-electron chi connectivity index (χ4n) is 3.45. The molecule has 0 bridgehead atoms. The van der Waals surface area contributed by atoms with Gasteiger partial charge in [0.05, 0.1) is 19.7 Å². The standard InChI is InChI=1S/C20H20N2O4S/c1-13-5-4-6-14-11-15-9-10-22(20(15)21-19(13)14)27(23,24)18-8-7-16(25-2)12-17(18)26-3/h4-8,11-12H,9-10H2,1-3H3. The van der Waals surface area contributed by atoms with Crippen molar-refractivity contribution in [2.75, 3.05) is 25.1 Å². The highest BCUT2D eigenvalue weighted by molar-refractivity contribution is 7.93. The van der Waals surface area contributed by atoms with E-state index in [2.05, 4.69) is 0 Å². The van der Waals surface area contributed by atoms with Crippen LogP contribution in [-0.4, -0.2) is 34.2 Å². The molecular formula is C20H20N2O4S. The second-order valence-corrected chi connectivity index (χ2v) is 8.29. The highest BCUT2D eigenvalue weighted by Gasteiger charge is 2.34. The molecule has 0 spiro atoms. The summed E-state index contributed by atoms with van der Waals surface area (Å²) in [5.74, 6) is 1.28. The van der Waals surface area contributed by atoms with E-state index in [0.717, 1.165) is 22.0 Å². The number of benzene rings is 2. The number of hydrogen-bond acceptors (Lipinski definition) is 5. The van der Waals surface area contributed by atoms with Gasteiger partial charge in [0.15, 0.2) is 0 Å². The van der Waals surface area contributed by atoms with Crippen molar-refractivity contribution in [1.82, 2.24) is 4.98 Å². The molecule has 0 aliphatic carbocycles. The fourth-order valence-corrected chi connectivity index (χ4v) is 5.04. The Bertz CT molecular complexity index is 1140. The molecule has 4 rings (SSSR count). The number of methoxy groups -OCH3 is 2. The smallest absolute Gasteiger partial charge is 0.269 e. The molecule has 140 valence electrons. The number of nitrogens with zero attached hydrogens (tertiary/aromatic N) is 2. The number of aryl methyl sites for hydroxylation is 1. The number of rotatable bonds is 4. The zero-order valence-electron chi connectivity index (χ0n) is 15.4. The van der Waals surface area contributed by atoms with Crippen LogP contribution in [0.4, 0.5) is 5.82 Å². The molecule has 6 nitrogen and oxygen atoms in total. The van der Waals surface area contributed by atoms with Crippen molar-refractivity contribution < 1.29 is 17.9 Å². The third-order valence-electron chi connectivity index (χ3n) is 4.86. The third-order valence-corrected chi connectivity index (χ3v) is 6.69. The summed E-state index contributed by atoms with van der Waals surface area (Å²) in [5, 5.41) is 1.02. The highest BCUT2D eigenvalue weighted by atomic mass is 32.2. The first-order valence-corrected chi connectivity index (χ1v) is 10.0. The van der Waals surface area contributed by atoms with E-state index >= 15 is 0 Å². The fraction of sp³-hybridized carbons (Fsp3) is 0.250. The Hall–Kier alpha value is -2.80. The van der Waals surface area contributed by atoms with Crippen LogP contribution in [0.15, 0.2) is 47.4 Å².